The number of sulfonamides is 1. The highest BCUT2D eigenvalue weighted by molar-refractivity contribution is 7.92. The van der Waals surface area contributed by atoms with Gasteiger partial charge in [0.1, 0.15) is 14.0 Å². The largest absolute Gasteiger partial charge is 0.330 e. The van der Waals surface area contributed by atoms with E-state index in [-0.39, 0.29) is 9.96 Å². The zero-order valence-corrected chi connectivity index (χ0v) is 13.2. The first-order valence-electron chi connectivity index (χ1n) is 5.63. The molecule has 0 aliphatic carbocycles. The van der Waals surface area contributed by atoms with Crippen LogP contribution in [0.4, 0.5) is 0 Å². The van der Waals surface area contributed by atoms with Crippen LogP contribution in [0.5, 0.6) is 0 Å². The van der Waals surface area contributed by atoms with Crippen molar-refractivity contribution in [3.05, 3.63) is 17.0 Å². The van der Waals surface area contributed by atoms with Gasteiger partial charge in [0.15, 0.2) is 0 Å². The van der Waals surface area contributed by atoms with E-state index < -0.39 is 25.9 Å². The van der Waals surface area contributed by atoms with E-state index in [1.54, 1.807) is 6.07 Å². The highest BCUT2D eigenvalue weighted by atomic mass is 32.2. The lowest BCUT2D eigenvalue weighted by atomic mass is 10.3. The molecule has 6 nitrogen and oxygen atoms in total. The molecule has 0 spiro atoms. The minimum absolute atomic E-state index is 0.177. The lowest BCUT2D eigenvalue weighted by Crippen LogP contribution is -2.36. The number of thiophene rings is 1. The molecule has 0 saturated heterocycles. The van der Waals surface area contributed by atoms with Crippen molar-refractivity contribution in [1.82, 2.24) is 4.72 Å². The molecule has 0 saturated carbocycles. The standard InChI is InChI=1S/C10H18N2O4S3/c1-8(7-18(2,13)14)12-19(15,16)10-4-3-9(17-10)5-6-11/h3-4,8,12H,5-7,11H2,1-2H3. The van der Waals surface area contributed by atoms with Crippen LogP contribution in [-0.2, 0) is 26.3 Å². The van der Waals surface area contributed by atoms with Crippen LogP contribution < -0.4 is 10.5 Å². The van der Waals surface area contributed by atoms with Crippen molar-refractivity contribution < 1.29 is 16.8 Å². The zero-order valence-electron chi connectivity index (χ0n) is 10.8. The van der Waals surface area contributed by atoms with Crippen molar-refractivity contribution in [3.63, 3.8) is 0 Å². The van der Waals surface area contributed by atoms with E-state index in [2.05, 4.69) is 4.72 Å². The van der Waals surface area contributed by atoms with E-state index in [4.69, 9.17) is 5.73 Å². The Morgan fingerprint density at radius 2 is 1.95 bits per heavy atom. The summed E-state index contributed by atoms with van der Waals surface area (Å²) < 4.78 is 48.8. The Morgan fingerprint density at radius 1 is 1.32 bits per heavy atom. The van der Waals surface area contributed by atoms with Gasteiger partial charge in [-0.3, -0.25) is 0 Å². The smallest absolute Gasteiger partial charge is 0.250 e. The summed E-state index contributed by atoms with van der Waals surface area (Å²) in [6, 6.07) is 2.55. The van der Waals surface area contributed by atoms with Crippen LogP contribution in [0, 0.1) is 0 Å². The van der Waals surface area contributed by atoms with E-state index >= 15 is 0 Å². The summed E-state index contributed by atoms with van der Waals surface area (Å²) in [5, 5.41) is 0. The highest BCUT2D eigenvalue weighted by Crippen LogP contribution is 2.21. The molecule has 9 heteroatoms. The normalized spacial score (nSPS) is 14.5. The van der Waals surface area contributed by atoms with Crippen LogP contribution >= 0.6 is 11.3 Å². The molecule has 0 bridgehead atoms. The summed E-state index contributed by atoms with van der Waals surface area (Å²) in [6.45, 7) is 1.98. The lowest BCUT2D eigenvalue weighted by molar-refractivity contribution is 0.566. The van der Waals surface area contributed by atoms with Gasteiger partial charge in [-0.1, -0.05) is 0 Å². The van der Waals surface area contributed by atoms with Crippen LogP contribution in [-0.4, -0.2) is 41.4 Å². The monoisotopic (exact) mass is 326 g/mol. The molecule has 1 atom stereocenters. The Labute approximate surface area is 118 Å². The minimum atomic E-state index is -3.67. The number of nitrogens with two attached hydrogens (primary N) is 1. The van der Waals surface area contributed by atoms with Gasteiger partial charge in [-0.05, 0) is 32.0 Å². The third kappa shape index (κ3) is 5.57. The molecule has 0 fully saturated rings. The molecule has 0 aliphatic heterocycles. The van der Waals surface area contributed by atoms with Crippen LogP contribution in [0.2, 0.25) is 0 Å². The van der Waals surface area contributed by atoms with Gasteiger partial charge in [-0.15, -0.1) is 11.3 Å². The molecule has 1 aromatic rings. The molecule has 3 N–H and O–H groups in total. The Hall–Kier alpha value is -0.480. The molecule has 1 heterocycles. The van der Waals surface area contributed by atoms with Crippen LogP contribution in [0.1, 0.15) is 11.8 Å². The second-order valence-electron chi connectivity index (χ2n) is 4.37. The molecule has 0 aromatic carbocycles. The van der Waals surface area contributed by atoms with E-state index in [0.717, 1.165) is 22.5 Å². The molecule has 19 heavy (non-hydrogen) atoms. The Balaban J connectivity index is 2.80. The van der Waals surface area contributed by atoms with Crippen LogP contribution in [0.3, 0.4) is 0 Å². The second-order valence-corrected chi connectivity index (χ2v) is 9.67. The van der Waals surface area contributed by atoms with Crippen molar-refractivity contribution in [2.45, 2.75) is 23.6 Å². The van der Waals surface area contributed by atoms with Gasteiger partial charge < -0.3 is 5.73 Å². The SMILES string of the molecule is CC(CS(C)(=O)=O)NS(=O)(=O)c1ccc(CCN)s1. The number of sulfone groups is 1. The third-order valence-electron chi connectivity index (χ3n) is 2.20. The summed E-state index contributed by atoms with van der Waals surface area (Å²) in [4.78, 5) is 0.888. The molecule has 110 valence electrons. The minimum Gasteiger partial charge on any atom is -0.330 e. The van der Waals surface area contributed by atoms with Gasteiger partial charge in [-0.2, -0.15) is 0 Å². The first kappa shape index (κ1) is 16.6. The first-order valence-corrected chi connectivity index (χ1v) is 9.99. The molecule has 1 rings (SSSR count). The summed E-state index contributed by atoms with van der Waals surface area (Å²) in [7, 11) is -6.89. The van der Waals surface area contributed by atoms with Gasteiger partial charge in [0, 0.05) is 17.2 Å². The topological polar surface area (TPSA) is 106 Å². The fourth-order valence-corrected chi connectivity index (χ4v) is 5.32. The van der Waals surface area contributed by atoms with Gasteiger partial charge >= 0.3 is 0 Å². The molecule has 0 amide bonds. The highest BCUT2D eigenvalue weighted by Gasteiger charge is 2.21. The van der Waals surface area contributed by atoms with Crippen molar-refractivity contribution >= 4 is 31.2 Å². The predicted molar refractivity (Wildman–Crippen MR) is 76.6 cm³/mol. The maximum atomic E-state index is 12.0. The first-order chi connectivity index (χ1) is 8.64. The Kier molecular flexibility index (Phi) is 5.51. The Bertz CT molecular complexity index is 619. The summed E-state index contributed by atoms with van der Waals surface area (Å²) in [5.74, 6) is -0.229. The van der Waals surface area contributed by atoms with Gasteiger partial charge in [0.2, 0.25) is 10.0 Å². The molecule has 0 aliphatic rings. The van der Waals surface area contributed by atoms with Crippen molar-refractivity contribution in [2.75, 3.05) is 18.6 Å². The lowest BCUT2D eigenvalue weighted by Gasteiger charge is -2.11. The zero-order chi connectivity index (χ0) is 14.7. The molecule has 0 radical (unpaired) electrons. The molecule has 1 unspecified atom stereocenters. The maximum absolute atomic E-state index is 12.0. The van der Waals surface area contributed by atoms with E-state index in [9.17, 15) is 16.8 Å². The summed E-state index contributed by atoms with van der Waals surface area (Å²) in [6.07, 6.45) is 1.70. The van der Waals surface area contributed by atoms with Crippen molar-refractivity contribution in [1.29, 1.82) is 0 Å². The van der Waals surface area contributed by atoms with Crippen molar-refractivity contribution in [3.8, 4) is 0 Å². The summed E-state index contributed by atoms with van der Waals surface area (Å²) in [5.41, 5.74) is 5.40. The van der Waals surface area contributed by atoms with Crippen LogP contribution in [0.25, 0.3) is 0 Å². The number of rotatable bonds is 7. The summed E-state index contributed by atoms with van der Waals surface area (Å²) >= 11 is 1.14. The number of hydrogen-bond donors (Lipinski definition) is 2. The third-order valence-corrected chi connectivity index (χ3v) is 6.53. The van der Waals surface area contributed by atoms with Gasteiger partial charge in [-0.25, -0.2) is 21.6 Å². The van der Waals surface area contributed by atoms with Gasteiger partial charge in [0.25, 0.3) is 0 Å². The second kappa shape index (κ2) is 6.31. The predicted octanol–water partition coefficient (Wildman–Crippen LogP) is -0.0393. The maximum Gasteiger partial charge on any atom is 0.250 e. The van der Waals surface area contributed by atoms with E-state index in [1.165, 1.54) is 13.0 Å². The fourth-order valence-electron chi connectivity index (χ4n) is 1.59. The molecular formula is C10H18N2O4S3. The van der Waals surface area contributed by atoms with E-state index in [0.29, 0.717) is 13.0 Å². The molecule has 1 aromatic heterocycles. The number of hydrogen-bond acceptors (Lipinski definition) is 6. The molecular weight excluding hydrogens is 308 g/mol. The number of nitrogens with one attached hydrogen (secondary N) is 1. The quantitative estimate of drug-likeness (QED) is 0.731. The van der Waals surface area contributed by atoms with Crippen molar-refractivity contribution in [2.24, 2.45) is 5.73 Å². The van der Waals surface area contributed by atoms with Crippen LogP contribution in [0.15, 0.2) is 16.3 Å². The van der Waals surface area contributed by atoms with E-state index in [1.807, 2.05) is 0 Å². The fraction of sp³-hybridized carbons (Fsp3) is 0.600. The average Bonchev–Trinajstić information content (AvgIpc) is 2.63. The average molecular weight is 326 g/mol. The van der Waals surface area contributed by atoms with Gasteiger partial charge in [0.05, 0.1) is 5.75 Å². The Morgan fingerprint density at radius 3 is 2.47 bits per heavy atom.